The molecule has 7 heteroatoms. The number of hydrogen-bond donors (Lipinski definition) is 2. The summed E-state index contributed by atoms with van der Waals surface area (Å²) in [4.78, 5) is 10.1. The maximum Gasteiger partial charge on any atom is 0.193 e. The van der Waals surface area contributed by atoms with Crippen LogP contribution in [0.5, 0.6) is 0 Å². The van der Waals surface area contributed by atoms with Crippen LogP contribution in [0.2, 0.25) is 0 Å². The summed E-state index contributed by atoms with van der Waals surface area (Å²) in [6, 6.07) is 17.1. The molecule has 1 aromatic heterocycles. The Morgan fingerprint density at radius 2 is 1.97 bits per heavy atom. The molecule has 2 N–H and O–H groups in total. The summed E-state index contributed by atoms with van der Waals surface area (Å²) in [5.41, 5.74) is 3.35. The zero-order valence-corrected chi connectivity index (χ0v) is 19.6. The summed E-state index contributed by atoms with van der Waals surface area (Å²) in [5, 5.41) is 4.71. The van der Waals surface area contributed by atoms with E-state index in [4.69, 9.17) is 4.74 Å². The number of morpholine rings is 1. The van der Waals surface area contributed by atoms with Gasteiger partial charge in [0, 0.05) is 37.8 Å². The molecule has 2 atom stereocenters. The van der Waals surface area contributed by atoms with Crippen LogP contribution >= 0.6 is 24.0 Å². The number of hydrogen-bond acceptors (Lipinski definition) is 2. The van der Waals surface area contributed by atoms with Crippen molar-refractivity contribution >= 4 is 40.8 Å². The molecule has 2 heterocycles. The number of aliphatic imine (C=N–C) groups is 1. The lowest BCUT2D eigenvalue weighted by Crippen LogP contribution is -2.51. The van der Waals surface area contributed by atoms with Crippen LogP contribution < -0.4 is 5.32 Å². The van der Waals surface area contributed by atoms with Crippen LogP contribution in [0, 0.1) is 5.82 Å². The van der Waals surface area contributed by atoms with Crippen molar-refractivity contribution < 1.29 is 9.13 Å². The molecule has 2 unspecified atom stereocenters. The molecule has 1 aliphatic heterocycles. The standard InChI is InChI=1S/C23H27FN4O.HI/c1-16-14-28(15-22(29-16)17-7-9-19(24)10-8-17)23(25-2)26-12-11-20-13-18-5-3-4-6-21(18)27-20;/h3-10,13,16,22,27H,11-12,14-15H2,1-2H3,(H,25,26);1H. The van der Waals surface area contributed by atoms with E-state index in [2.05, 4.69) is 51.4 Å². The zero-order valence-electron chi connectivity index (χ0n) is 17.3. The smallest absolute Gasteiger partial charge is 0.193 e. The number of aromatic nitrogens is 1. The zero-order chi connectivity index (χ0) is 20.2. The highest BCUT2D eigenvalue weighted by Crippen LogP contribution is 2.25. The summed E-state index contributed by atoms with van der Waals surface area (Å²) in [7, 11) is 1.80. The normalized spacial score (nSPS) is 19.6. The summed E-state index contributed by atoms with van der Waals surface area (Å²) >= 11 is 0. The Morgan fingerprint density at radius 1 is 1.20 bits per heavy atom. The summed E-state index contributed by atoms with van der Waals surface area (Å²) in [6.07, 6.45) is 0.840. The number of aromatic amines is 1. The van der Waals surface area contributed by atoms with Crippen molar-refractivity contribution in [1.82, 2.24) is 15.2 Å². The van der Waals surface area contributed by atoms with Gasteiger partial charge < -0.3 is 19.9 Å². The van der Waals surface area contributed by atoms with Gasteiger partial charge in [0.15, 0.2) is 5.96 Å². The molecule has 160 valence electrons. The third kappa shape index (κ3) is 5.31. The largest absolute Gasteiger partial charge is 0.367 e. The van der Waals surface area contributed by atoms with Crippen molar-refractivity contribution in [3.63, 3.8) is 0 Å². The van der Waals surface area contributed by atoms with Gasteiger partial charge >= 0.3 is 0 Å². The van der Waals surface area contributed by atoms with Crippen molar-refractivity contribution in [2.45, 2.75) is 25.6 Å². The van der Waals surface area contributed by atoms with E-state index >= 15 is 0 Å². The average Bonchev–Trinajstić information content (AvgIpc) is 3.14. The SMILES string of the molecule is CN=C(NCCc1cc2ccccc2[nH]1)N1CC(C)OC(c2ccc(F)cc2)C1.I. The van der Waals surface area contributed by atoms with Crippen molar-refractivity contribution in [3.05, 3.63) is 71.7 Å². The van der Waals surface area contributed by atoms with E-state index in [1.807, 2.05) is 6.07 Å². The fourth-order valence-corrected chi connectivity index (χ4v) is 3.90. The van der Waals surface area contributed by atoms with Gasteiger partial charge in [-0.3, -0.25) is 4.99 Å². The van der Waals surface area contributed by atoms with E-state index in [0.717, 1.165) is 36.6 Å². The number of ether oxygens (including phenoxy) is 1. The predicted molar refractivity (Wildman–Crippen MR) is 130 cm³/mol. The molecular formula is C23H28FIN4O. The number of nitrogens with one attached hydrogen (secondary N) is 2. The molecule has 0 aliphatic carbocycles. The Labute approximate surface area is 193 Å². The Bertz CT molecular complexity index is 955. The number of para-hydroxylation sites is 1. The van der Waals surface area contributed by atoms with E-state index in [9.17, 15) is 4.39 Å². The van der Waals surface area contributed by atoms with Gasteiger partial charge in [-0.05, 0) is 42.1 Å². The van der Waals surface area contributed by atoms with Crippen molar-refractivity contribution in [3.8, 4) is 0 Å². The Kier molecular flexibility index (Phi) is 7.71. The van der Waals surface area contributed by atoms with E-state index < -0.39 is 0 Å². The van der Waals surface area contributed by atoms with E-state index in [1.54, 1.807) is 19.2 Å². The lowest BCUT2D eigenvalue weighted by molar-refractivity contribution is -0.0604. The van der Waals surface area contributed by atoms with Crippen LogP contribution in [0.15, 0.2) is 59.6 Å². The minimum absolute atomic E-state index is 0. The van der Waals surface area contributed by atoms with Gasteiger partial charge in [0.2, 0.25) is 0 Å². The number of benzene rings is 2. The molecule has 0 amide bonds. The predicted octanol–water partition coefficient (Wildman–Crippen LogP) is 4.50. The Balaban J connectivity index is 0.00000256. The van der Waals surface area contributed by atoms with Crippen LogP contribution in [0.4, 0.5) is 4.39 Å². The van der Waals surface area contributed by atoms with Crippen molar-refractivity contribution in [2.75, 3.05) is 26.7 Å². The summed E-state index contributed by atoms with van der Waals surface area (Å²) in [6.45, 7) is 4.29. The molecule has 0 bridgehead atoms. The average molecular weight is 522 g/mol. The lowest BCUT2D eigenvalue weighted by Gasteiger charge is -2.38. The maximum absolute atomic E-state index is 13.3. The highest BCUT2D eigenvalue weighted by atomic mass is 127. The highest BCUT2D eigenvalue weighted by Gasteiger charge is 2.28. The molecule has 0 saturated carbocycles. The second-order valence-electron chi connectivity index (χ2n) is 7.50. The monoisotopic (exact) mass is 522 g/mol. The van der Waals surface area contributed by atoms with Gasteiger partial charge in [0.05, 0.1) is 12.6 Å². The number of fused-ring (bicyclic) bond motifs is 1. The first-order valence-corrected chi connectivity index (χ1v) is 10.1. The molecular weight excluding hydrogens is 494 g/mol. The van der Waals surface area contributed by atoms with Crippen molar-refractivity contribution in [1.29, 1.82) is 0 Å². The molecule has 1 saturated heterocycles. The minimum Gasteiger partial charge on any atom is -0.367 e. The van der Waals surface area contributed by atoms with E-state index in [1.165, 1.54) is 23.2 Å². The first kappa shape index (κ1) is 22.6. The molecule has 30 heavy (non-hydrogen) atoms. The molecule has 0 spiro atoms. The number of halogens is 2. The molecule has 4 rings (SSSR count). The Morgan fingerprint density at radius 3 is 2.70 bits per heavy atom. The van der Waals surface area contributed by atoms with E-state index in [0.29, 0.717) is 6.54 Å². The molecule has 0 radical (unpaired) electrons. The van der Waals surface area contributed by atoms with Gasteiger partial charge in [-0.15, -0.1) is 24.0 Å². The number of rotatable bonds is 4. The van der Waals surface area contributed by atoms with Crippen LogP contribution in [0.1, 0.15) is 24.3 Å². The molecule has 1 aliphatic rings. The van der Waals surface area contributed by atoms with Crippen LogP contribution in [0.25, 0.3) is 10.9 Å². The van der Waals surface area contributed by atoms with Gasteiger partial charge in [0.25, 0.3) is 0 Å². The van der Waals surface area contributed by atoms with Crippen LogP contribution in [-0.4, -0.2) is 48.6 Å². The van der Waals surface area contributed by atoms with Gasteiger partial charge in [-0.25, -0.2) is 4.39 Å². The topological polar surface area (TPSA) is 52.7 Å². The lowest BCUT2D eigenvalue weighted by atomic mass is 10.1. The quantitative estimate of drug-likeness (QED) is 0.302. The van der Waals surface area contributed by atoms with Gasteiger partial charge in [0.1, 0.15) is 11.9 Å². The van der Waals surface area contributed by atoms with E-state index in [-0.39, 0.29) is 42.0 Å². The molecule has 1 fully saturated rings. The maximum atomic E-state index is 13.3. The fraction of sp³-hybridized carbons (Fsp3) is 0.348. The third-order valence-corrected chi connectivity index (χ3v) is 5.28. The number of nitrogens with zero attached hydrogens (tertiary/aromatic N) is 2. The molecule has 2 aromatic carbocycles. The van der Waals surface area contributed by atoms with Crippen LogP contribution in [0.3, 0.4) is 0 Å². The highest BCUT2D eigenvalue weighted by molar-refractivity contribution is 14.0. The number of guanidine groups is 1. The second kappa shape index (κ2) is 10.3. The Hall–Kier alpha value is -2.13. The van der Waals surface area contributed by atoms with Gasteiger partial charge in [-0.2, -0.15) is 0 Å². The van der Waals surface area contributed by atoms with Crippen LogP contribution in [-0.2, 0) is 11.2 Å². The first-order valence-electron chi connectivity index (χ1n) is 10.1. The fourth-order valence-electron chi connectivity index (χ4n) is 3.90. The van der Waals surface area contributed by atoms with Crippen molar-refractivity contribution in [2.24, 2.45) is 4.99 Å². The second-order valence-corrected chi connectivity index (χ2v) is 7.50. The third-order valence-electron chi connectivity index (χ3n) is 5.28. The van der Waals surface area contributed by atoms with Gasteiger partial charge in [-0.1, -0.05) is 30.3 Å². The molecule has 5 nitrogen and oxygen atoms in total. The summed E-state index contributed by atoms with van der Waals surface area (Å²) in [5.74, 6) is 0.632. The molecule has 3 aromatic rings. The number of H-pyrrole nitrogens is 1. The first-order chi connectivity index (χ1) is 14.1. The minimum atomic E-state index is -0.232. The summed E-state index contributed by atoms with van der Waals surface area (Å²) < 4.78 is 19.3.